The Labute approximate surface area is 74.8 Å². The predicted octanol–water partition coefficient (Wildman–Crippen LogP) is 2.08. The van der Waals surface area contributed by atoms with Crippen LogP contribution in [0.1, 0.15) is 33.1 Å². The third-order valence-electron chi connectivity index (χ3n) is 2.97. The first-order valence-electron chi connectivity index (χ1n) is 4.60. The molecule has 1 saturated carbocycles. The minimum absolute atomic E-state index is 0.0879. The summed E-state index contributed by atoms with van der Waals surface area (Å²) in [6.07, 6.45) is 6.52. The summed E-state index contributed by atoms with van der Waals surface area (Å²) in [6, 6.07) is 0. The molecule has 0 saturated heterocycles. The van der Waals surface area contributed by atoms with Crippen LogP contribution in [0.3, 0.4) is 0 Å². The van der Waals surface area contributed by atoms with Crippen molar-refractivity contribution in [3.63, 3.8) is 0 Å². The molecule has 3 heteroatoms. The van der Waals surface area contributed by atoms with Crippen molar-refractivity contribution in [2.45, 2.75) is 38.8 Å². The van der Waals surface area contributed by atoms with Gasteiger partial charge in [-0.2, -0.15) is 0 Å². The van der Waals surface area contributed by atoms with Gasteiger partial charge in [-0.05, 0) is 31.1 Å². The van der Waals surface area contributed by atoms with E-state index in [1.54, 1.807) is 0 Å². The minimum Gasteiger partial charge on any atom is -0.353 e. The zero-order valence-corrected chi connectivity index (χ0v) is 8.80. The second kappa shape index (κ2) is 3.53. The van der Waals surface area contributed by atoms with Crippen LogP contribution in [-0.2, 0) is 0 Å². The molecular weight excluding hydrogens is 171 g/mol. The molecule has 12 heavy (non-hydrogen) atoms. The molecule has 0 aromatic carbocycles. The van der Waals surface area contributed by atoms with Gasteiger partial charge in [-0.1, -0.05) is 20.1 Å². The predicted molar refractivity (Wildman–Crippen MR) is 54.4 cm³/mol. The van der Waals surface area contributed by atoms with Crippen LogP contribution in [0.25, 0.3) is 0 Å². The monoisotopic (exact) mass is 190 g/mol. The largest absolute Gasteiger partial charge is 0.353 e. The van der Waals surface area contributed by atoms with Crippen LogP contribution in [0.4, 0.5) is 0 Å². The van der Waals surface area contributed by atoms with Crippen LogP contribution >= 0.6 is 7.34 Å². The third kappa shape index (κ3) is 2.35. The summed E-state index contributed by atoms with van der Waals surface area (Å²) >= 11 is 0. The van der Waals surface area contributed by atoms with Gasteiger partial charge < -0.3 is 9.79 Å². The van der Waals surface area contributed by atoms with Gasteiger partial charge in [0, 0.05) is 5.66 Å². The smallest absolute Gasteiger partial charge is 0.114 e. The Hall–Kier alpha value is 0.220. The zero-order valence-electron chi connectivity index (χ0n) is 7.90. The summed E-state index contributed by atoms with van der Waals surface area (Å²) in [5.41, 5.74) is 0.0879. The molecule has 0 heterocycles. The number of hydrogen-bond acceptors (Lipinski definition) is 2. The molecule has 0 bridgehead atoms. The SMILES string of the molecule is C=P(O)(O)C1CCC(C(C)C)C1. The second-order valence-electron chi connectivity index (χ2n) is 4.26. The van der Waals surface area contributed by atoms with Gasteiger partial charge >= 0.3 is 0 Å². The van der Waals surface area contributed by atoms with E-state index in [1.807, 2.05) is 0 Å². The Morgan fingerprint density at radius 3 is 2.17 bits per heavy atom. The lowest BCUT2D eigenvalue weighted by Gasteiger charge is -2.19. The minimum atomic E-state index is -2.79. The van der Waals surface area contributed by atoms with E-state index in [0.29, 0.717) is 11.8 Å². The molecule has 2 nitrogen and oxygen atoms in total. The maximum absolute atomic E-state index is 9.37. The van der Waals surface area contributed by atoms with Crippen molar-refractivity contribution >= 4 is 13.6 Å². The van der Waals surface area contributed by atoms with Gasteiger partial charge in [0.05, 0.1) is 0 Å². The first-order valence-corrected chi connectivity index (χ1v) is 6.54. The standard InChI is InChI=1S/C9H19O2P/c1-7(2)8-4-5-9(6-8)12(3,10)11/h7-11H,3-6H2,1-2H3. The van der Waals surface area contributed by atoms with Crippen molar-refractivity contribution in [1.29, 1.82) is 0 Å². The fourth-order valence-corrected chi connectivity index (χ4v) is 3.14. The molecule has 0 spiro atoms. The van der Waals surface area contributed by atoms with Gasteiger partial charge in [0.25, 0.3) is 0 Å². The van der Waals surface area contributed by atoms with Crippen LogP contribution in [-0.4, -0.2) is 21.7 Å². The molecule has 1 fully saturated rings. The summed E-state index contributed by atoms with van der Waals surface area (Å²) in [5.74, 6) is 1.34. The van der Waals surface area contributed by atoms with E-state index in [1.165, 1.54) is 0 Å². The van der Waals surface area contributed by atoms with E-state index in [2.05, 4.69) is 20.1 Å². The average molecular weight is 190 g/mol. The highest BCUT2D eigenvalue weighted by molar-refractivity contribution is 7.63. The molecule has 1 aliphatic rings. The van der Waals surface area contributed by atoms with Crippen LogP contribution in [0.15, 0.2) is 0 Å². The molecule has 1 rings (SSSR count). The first-order chi connectivity index (χ1) is 5.41. The lowest BCUT2D eigenvalue weighted by molar-refractivity contribution is 0.391. The fraction of sp³-hybridized carbons (Fsp3) is 0.889. The van der Waals surface area contributed by atoms with E-state index in [4.69, 9.17) is 0 Å². The van der Waals surface area contributed by atoms with E-state index in [-0.39, 0.29) is 5.66 Å². The van der Waals surface area contributed by atoms with E-state index in [0.717, 1.165) is 19.3 Å². The maximum Gasteiger partial charge on any atom is 0.114 e. The summed E-state index contributed by atoms with van der Waals surface area (Å²) < 4.78 is 0. The van der Waals surface area contributed by atoms with Crippen molar-refractivity contribution in [3.05, 3.63) is 0 Å². The molecule has 0 aromatic rings. The maximum atomic E-state index is 9.37. The number of hydrogen-bond donors (Lipinski definition) is 2. The van der Waals surface area contributed by atoms with Crippen LogP contribution in [0.5, 0.6) is 0 Å². The molecule has 0 amide bonds. The number of rotatable bonds is 2. The fourth-order valence-electron chi connectivity index (χ4n) is 1.97. The normalized spacial score (nSPS) is 31.4. The van der Waals surface area contributed by atoms with Gasteiger partial charge in [-0.3, -0.25) is 0 Å². The summed E-state index contributed by atoms with van der Waals surface area (Å²) in [4.78, 5) is 18.7. The molecule has 0 radical (unpaired) electrons. The lowest BCUT2D eigenvalue weighted by atomic mass is 9.95. The Kier molecular flexibility index (Phi) is 3.03. The average Bonchev–Trinajstić information content (AvgIpc) is 2.30. The van der Waals surface area contributed by atoms with Crippen molar-refractivity contribution in [3.8, 4) is 0 Å². The lowest BCUT2D eigenvalue weighted by Crippen LogP contribution is -2.07. The second-order valence-corrected chi connectivity index (χ2v) is 6.56. The van der Waals surface area contributed by atoms with Gasteiger partial charge in [0.2, 0.25) is 0 Å². The van der Waals surface area contributed by atoms with E-state index >= 15 is 0 Å². The molecule has 2 N–H and O–H groups in total. The Balaban J connectivity index is 2.52. The van der Waals surface area contributed by atoms with Gasteiger partial charge in [-0.25, -0.2) is 0 Å². The van der Waals surface area contributed by atoms with Crippen molar-refractivity contribution in [2.75, 3.05) is 0 Å². The molecule has 72 valence electrons. The quantitative estimate of drug-likeness (QED) is 0.654. The van der Waals surface area contributed by atoms with Crippen molar-refractivity contribution in [2.24, 2.45) is 11.8 Å². The molecule has 0 aliphatic heterocycles. The zero-order chi connectivity index (χ0) is 9.35. The summed E-state index contributed by atoms with van der Waals surface area (Å²) in [7, 11) is -2.79. The highest BCUT2D eigenvalue weighted by Crippen LogP contribution is 2.51. The van der Waals surface area contributed by atoms with Crippen LogP contribution < -0.4 is 0 Å². The van der Waals surface area contributed by atoms with E-state index < -0.39 is 7.34 Å². The molecular formula is C9H19O2P. The van der Waals surface area contributed by atoms with Crippen LogP contribution in [0, 0.1) is 11.8 Å². The Morgan fingerprint density at radius 2 is 1.92 bits per heavy atom. The highest BCUT2D eigenvalue weighted by Gasteiger charge is 2.32. The van der Waals surface area contributed by atoms with Gasteiger partial charge in [0.1, 0.15) is 7.34 Å². The van der Waals surface area contributed by atoms with Crippen molar-refractivity contribution in [1.82, 2.24) is 0 Å². The molecule has 2 atom stereocenters. The van der Waals surface area contributed by atoms with Gasteiger partial charge in [-0.15, -0.1) is 0 Å². The Bertz CT molecular complexity index is 195. The summed E-state index contributed by atoms with van der Waals surface area (Å²) in [5, 5.41) is 0. The summed E-state index contributed by atoms with van der Waals surface area (Å²) in [6.45, 7) is 4.40. The molecule has 2 unspecified atom stereocenters. The van der Waals surface area contributed by atoms with Crippen LogP contribution in [0.2, 0.25) is 0 Å². The third-order valence-corrected chi connectivity index (χ3v) is 4.61. The topological polar surface area (TPSA) is 40.5 Å². The van der Waals surface area contributed by atoms with Crippen molar-refractivity contribution < 1.29 is 9.79 Å². The van der Waals surface area contributed by atoms with E-state index in [9.17, 15) is 9.79 Å². The molecule has 1 aliphatic carbocycles. The molecule has 0 aromatic heterocycles. The first kappa shape index (κ1) is 10.3. The van der Waals surface area contributed by atoms with Gasteiger partial charge in [0.15, 0.2) is 0 Å². The Morgan fingerprint density at radius 1 is 1.33 bits per heavy atom. The highest BCUT2D eigenvalue weighted by atomic mass is 31.2.